The van der Waals surface area contributed by atoms with E-state index < -0.39 is 0 Å². The lowest BCUT2D eigenvalue weighted by molar-refractivity contribution is 0.207. The largest absolute Gasteiger partial charge is 0.308 e. The predicted octanol–water partition coefficient (Wildman–Crippen LogP) is 1.67. The zero-order chi connectivity index (χ0) is 9.56. The minimum atomic E-state index is 0.768. The van der Waals surface area contributed by atoms with Gasteiger partial charge in [-0.1, -0.05) is 13.8 Å². The summed E-state index contributed by atoms with van der Waals surface area (Å²) in [6.45, 7) is 6.87. The van der Waals surface area contributed by atoms with Crippen LogP contribution in [-0.4, -0.2) is 50.1 Å². The van der Waals surface area contributed by atoms with Crippen LogP contribution in [0.5, 0.6) is 0 Å². The van der Waals surface area contributed by atoms with Crippen LogP contribution >= 0.6 is 0 Å². The fourth-order valence-electron chi connectivity index (χ4n) is 1.45. The molecule has 0 atom stereocenters. The highest BCUT2D eigenvalue weighted by Gasteiger charge is 2.09. The summed E-state index contributed by atoms with van der Waals surface area (Å²) in [4.78, 5) is 4.69. The Balaban J connectivity index is 3.61. The van der Waals surface area contributed by atoms with Crippen LogP contribution in [0.1, 0.15) is 26.7 Å². The maximum atomic E-state index is 2.46. The predicted molar refractivity (Wildman–Crippen MR) is 55.6 cm³/mol. The molecule has 0 heterocycles. The van der Waals surface area contributed by atoms with Gasteiger partial charge in [-0.25, -0.2) is 0 Å². The van der Waals surface area contributed by atoms with Crippen molar-refractivity contribution in [3.05, 3.63) is 0 Å². The van der Waals surface area contributed by atoms with Gasteiger partial charge in [-0.05, 0) is 34.0 Å². The van der Waals surface area contributed by atoms with E-state index in [0.29, 0.717) is 0 Å². The minimum Gasteiger partial charge on any atom is -0.308 e. The molecule has 0 fully saturated rings. The van der Waals surface area contributed by atoms with Gasteiger partial charge in [0.2, 0.25) is 0 Å². The van der Waals surface area contributed by atoms with Gasteiger partial charge >= 0.3 is 0 Å². The molecule has 0 aromatic carbocycles. The van der Waals surface area contributed by atoms with Gasteiger partial charge in [-0.3, -0.25) is 0 Å². The molecule has 0 spiro atoms. The molecule has 0 saturated carbocycles. The average molecular weight is 172 g/mol. The summed E-state index contributed by atoms with van der Waals surface area (Å²) in [5.41, 5.74) is 0. The van der Waals surface area contributed by atoms with Gasteiger partial charge in [-0.2, -0.15) is 0 Å². The second-order valence-corrected chi connectivity index (χ2v) is 3.75. The van der Waals surface area contributed by atoms with Gasteiger partial charge in [0, 0.05) is 19.1 Å². The van der Waals surface area contributed by atoms with E-state index in [0.717, 1.165) is 12.6 Å². The molecule has 0 amide bonds. The molecule has 0 saturated heterocycles. The minimum absolute atomic E-state index is 0.768. The normalized spacial score (nSPS) is 12.0. The van der Waals surface area contributed by atoms with Gasteiger partial charge < -0.3 is 9.80 Å². The monoisotopic (exact) mass is 172 g/mol. The first kappa shape index (κ1) is 11.9. The van der Waals surface area contributed by atoms with Gasteiger partial charge in [0.25, 0.3) is 0 Å². The fourth-order valence-corrected chi connectivity index (χ4v) is 1.45. The second kappa shape index (κ2) is 6.44. The number of nitrogens with zero attached hydrogens (tertiary/aromatic N) is 2. The molecule has 0 rings (SSSR count). The molecule has 0 aromatic rings. The molecule has 0 aliphatic carbocycles. The molecule has 0 unspecified atom stereocenters. The molecule has 2 nitrogen and oxygen atoms in total. The summed E-state index contributed by atoms with van der Waals surface area (Å²) in [5.74, 6) is 0. The quantitative estimate of drug-likeness (QED) is 0.601. The molecule has 0 aliphatic heterocycles. The van der Waals surface area contributed by atoms with Gasteiger partial charge in [-0.15, -0.1) is 0 Å². The van der Waals surface area contributed by atoms with E-state index in [-0.39, 0.29) is 0 Å². The number of rotatable bonds is 6. The number of hydrogen-bond donors (Lipinski definition) is 0. The van der Waals surface area contributed by atoms with Crippen LogP contribution in [0.3, 0.4) is 0 Å². The Hall–Kier alpha value is -0.0800. The van der Waals surface area contributed by atoms with Crippen molar-refractivity contribution in [3.63, 3.8) is 0 Å². The standard InChI is InChI=1S/C10H24N2/c1-6-10(7-2)12(5)9-8-11(3)4/h10H,6-9H2,1-5H3. The van der Waals surface area contributed by atoms with Crippen molar-refractivity contribution in [2.45, 2.75) is 32.7 Å². The first-order chi connectivity index (χ1) is 5.61. The first-order valence-corrected chi connectivity index (χ1v) is 4.96. The lowest BCUT2D eigenvalue weighted by Crippen LogP contribution is -2.36. The highest BCUT2D eigenvalue weighted by atomic mass is 15.2. The Labute approximate surface area is 77.5 Å². The zero-order valence-corrected chi connectivity index (χ0v) is 9.30. The third kappa shape index (κ3) is 4.73. The molecule has 2 heteroatoms. The lowest BCUT2D eigenvalue weighted by atomic mass is 10.1. The maximum Gasteiger partial charge on any atom is 0.0109 e. The summed E-state index contributed by atoms with van der Waals surface area (Å²) < 4.78 is 0. The summed E-state index contributed by atoms with van der Waals surface area (Å²) in [5, 5.41) is 0. The summed E-state index contributed by atoms with van der Waals surface area (Å²) in [6.07, 6.45) is 2.53. The SMILES string of the molecule is CCC(CC)N(C)CCN(C)C. The summed E-state index contributed by atoms with van der Waals surface area (Å²) >= 11 is 0. The van der Waals surface area contributed by atoms with Gasteiger partial charge in [0.05, 0.1) is 0 Å². The molecule has 0 aliphatic rings. The molecular weight excluding hydrogens is 148 g/mol. The summed E-state index contributed by atoms with van der Waals surface area (Å²) in [6, 6.07) is 0.768. The van der Waals surface area contributed by atoms with Crippen LogP contribution in [0.15, 0.2) is 0 Å². The molecule has 74 valence electrons. The Morgan fingerprint density at radius 3 is 1.75 bits per heavy atom. The first-order valence-electron chi connectivity index (χ1n) is 4.96. The lowest BCUT2D eigenvalue weighted by Gasteiger charge is -2.27. The van der Waals surface area contributed by atoms with E-state index in [1.807, 2.05) is 0 Å². The van der Waals surface area contributed by atoms with Crippen LogP contribution in [0.2, 0.25) is 0 Å². The fraction of sp³-hybridized carbons (Fsp3) is 1.00. The topological polar surface area (TPSA) is 6.48 Å². The second-order valence-electron chi connectivity index (χ2n) is 3.75. The van der Waals surface area contributed by atoms with Crippen molar-refractivity contribution in [1.82, 2.24) is 9.80 Å². The van der Waals surface area contributed by atoms with Gasteiger partial charge in [0.15, 0.2) is 0 Å². The molecule has 0 aromatic heterocycles. The third-order valence-corrected chi connectivity index (χ3v) is 2.47. The van der Waals surface area contributed by atoms with E-state index in [1.54, 1.807) is 0 Å². The molecule has 0 bridgehead atoms. The Morgan fingerprint density at radius 1 is 0.917 bits per heavy atom. The molecule has 12 heavy (non-hydrogen) atoms. The van der Waals surface area contributed by atoms with E-state index >= 15 is 0 Å². The molecular formula is C10H24N2. The van der Waals surface area contributed by atoms with E-state index in [1.165, 1.54) is 19.4 Å². The van der Waals surface area contributed by atoms with Crippen molar-refractivity contribution < 1.29 is 0 Å². The van der Waals surface area contributed by atoms with Crippen LogP contribution in [-0.2, 0) is 0 Å². The smallest absolute Gasteiger partial charge is 0.0109 e. The van der Waals surface area contributed by atoms with Crippen molar-refractivity contribution in [2.75, 3.05) is 34.2 Å². The highest BCUT2D eigenvalue weighted by molar-refractivity contribution is 4.65. The van der Waals surface area contributed by atoms with Crippen molar-refractivity contribution in [3.8, 4) is 0 Å². The van der Waals surface area contributed by atoms with E-state index in [9.17, 15) is 0 Å². The van der Waals surface area contributed by atoms with Gasteiger partial charge in [0.1, 0.15) is 0 Å². The Kier molecular flexibility index (Phi) is 6.39. The maximum absolute atomic E-state index is 2.46. The average Bonchev–Trinajstić information content (AvgIpc) is 2.03. The van der Waals surface area contributed by atoms with Crippen LogP contribution in [0, 0.1) is 0 Å². The van der Waals surface area contributed by atoms with Crippen molar-refractivity contribution in [2.24, 2.45) is 0 Å². The molecule has 0 N–H and O–H groups in total. The zero-order valence-electron chi connectivity index (χ0n) is 9.30. The Morgan fingerprint density at radius 2 is 1.42 bits per heavy atom. The number of likely N-dealkylation sites (N-methyl/N-ethyl adjacent to an activating group) is 2. The third-order valence-electron chi connectivity index (χ3n) is 2.47. The van der Waals surface area contributed by atoms with E-state index in [4.69, 9.17) is 0 Å². The van der Waals surface area contributed by atoms with Crippen LogP contribution in [0.25, 0.3) is 0 Å². The van der Waals surface area contributed by atoms with Crippen molar-refractivity contribution in [1.29, 1.82) is 0 Å². The number of hydrogen-bond acceptors (Lipinski definition) is 2. The van der Waals surface area contributed by atoms with E-state index in [2.05, 4.69) is 44.8 Å². The Bertz CT molecular complexity index is 98.0. The van der Waals surface area contributed by atoms with Crippen molar-refractivity contribution >= 4 is 0 Å². The summed E-state index contributed by atoms with van der Waals surface area (Å²) in [7, 11) is 6.47. The van der Waals surface area contributed by atoms with Crippen LogP contribution < -0.4 is 0 Å². The van der Waals surface area contributed by atoms with Crippen LogP contribution in [0.4, 0.5) is 0 Å². The molecule has 0 radical (unpaired) electrons. The highest BCUT2D eigenvalue weighted by Crippen LogP contribution is 2.04.